The molecule has 2 aliphatic heterocycles. The minimum Gasteiger partial charge on any atom is -0.367 e. The number of barbiturate groups is 1. The largest absolute Gasteiger partial charge is 0.367 e. The van der Waals surface area contributed by atoms with Crippen LogP contribution in [0.3, 0.4) is 0 Å². The maximum atomic E-state index is 14.2. The van der Waals surface area contributed by atoms with Crippen molar-refractivity contribution >= 4 is 46.5 Å². The number of anilines is 2. The predicted molar refractivity (Wildman–Crippen MR) is 133 cm³/mol. The van der Waals surface area contributed by atoms with E-state index < -0.39 is 34.2 Å². The zero-order chi connectivity index (χ0) is 25.3. The van der Waals surface area contributed by atoms with E-state index in [4.69, 9.17) is 11.6 Å². The summed E-state index contributed by atoms with van der Waals surface area (Å²) in [6.07, 6.45) is 2.89. The maximum absolute atomic E-state index is 14.2. The summed E-state index contributed by atoms with van der Waals surface area (Å²) in [4.78, 5) is 54.7. The summed E-state index contributed by atoms with van der Waals surface area (Å²) < 4.78 is 0. The lowest BCUT2D eigenvalue weighted by Crippen LogP contribution is -2.72. The van der Waals surface area contributed by atoms with Crippen LogP contribution in [-0.2, 0) is 16.0 Å². The number of nitrogens with one attached hydrogen (secondary N) is 1. The average molecular weight is 499 g/mol. The first-order valence-electron chi connectivity index (χ1n) is 11.7. The number of rotatable bonds is 7. The third-order valence-corrected chi connectivity index (χ3v) is 7.06. The number of carbonyl (C=O) groups is 3. The van der Waals surface area contributed by atoms with Crippen LogP contribution in [0.25, 0.3) is 0 Å². The molecule has 0 bridgehead atoms. The number of nitro benzene ring substituents is 1. The minimum atomic E-state index is -1.63. The van der Waals surface area contributed by atoms with Crippen molar-refractivity contribution in [3.8, 4) is 0 Å². The number of benzene rings is 2. The van der Waals surface area contributed by atoms with Crippen molar-refractivity contribution in [2.24, 2.45) is 5.41 Å². The number of halogens is 1. The van der Waals surface area contributed by atoms with Gasteiger partial charge in [-0.05, 0) is 48.7 Å². The molecule has 2 aromatic carbocycles. The Morgan fingerprint density at radius 3 is 2.46 bits per heavy atom. The zero-order valence-electron chi connectivity index (χ0n) is 19.6. The molecule has 2 atom stereocenters. The van der Waals surface area contributed by atoms with Crippen LogP contribution in [0.4, 0.5) is 21.9 Å². The Morgan fingerprint density at radius 1 is 1.11 bits per heavy atom. The van der Waals surface area contributed by atoms with E-state index in [9.17, 15) is 24.5 Å². The SMILES string of the molecule is CCCCN1c2ccc([N+](=O)[O-])cc2C[C@@]2(C(=O)NC(=O)N(c3ccc(Cl)cc3)C2=O)[C@H]1CCC. The van der Waals surface area contributed by atoms with Crippen molar-refractivity contribution in [2.45, 2.75) is 52.0 Å². The standard InChI is InChI=1S/C25H27ClN4O5/c1-3-5-13-28-20-12-11-19(30(34)35)14-16(20)15-25(21(28)6-4-2)22(31)27-24(33)29(23(25)32)18-9-7-17(26)8-10-18/h7-12,14,21H,3-6,13,15H2,1-2H3,(H,27,31,33)/t21-,25+/m1/s1. The lowest BCUT2D eigenvalue weighted by Gasteiger charge is -2.52. The molecule has 1 N–H and O–H groups in total. The summed E-state index contributed by atoms with van der Waals surface area (Å²) in [5.74, 6) is -1.31. The van der Waals surface area contributed by atoms with E-state index in [2.05, 4.69) is 5.32 Å². The molecule has 2 aromatic rings. The van der Waals surface area contributed by atoms with Crippen molar-refractivity contribution in [3.05, 3.63) is 63.2 Å². The van der Waals surface area contributed by atoms with Crippen LogP contribution in [0.2, 0.25) is 5.02 Å². The summed E-state index contributed by atoms with van der Waals surface area (Å²) in [5, 5.41) is 14.3. The van der Waals surface area contributed by atoms with Gasteiger partial charge in [0.25, 0.3) is 11.6 Å². The predicted octanol–water partition coefficient (Wildman–Crippen LogP) is 4.85. The van der Waals surface area contributed by atoms with Crippen molar-refractivity contribution in [1.29, 1.82) is 0 Å². The van der Waals surface area contributed by atoms with Gasteiger partial charge in [-0.25, -0.2) is 9.69 Å². The second kappa shape index (κ2) is 9.65. The molecule has 0 radical (unpaired) electrons. The molecule has 35 heavy (non-hydrogen) atoms. The summed E-state index contributed by atoms with van der Waals surface area (Å²) in [6, 6.07) is 9.47. The van der Waals surface area contributed by atoms with Gasteiger partial charge in [-0.1, -0.05) is 38.3 Å². The number of nitrogens with zero attached hydrogens (tertiary/aromatic N) is 3. The third kappa shape index (κ3) is 4.14. The smallest absolute Gasteiger partial charge is 0.335 e. The number of unbranched alkanes of at least 4 members (excludes halogenated alkanes) is 1. The zero-order valence-corrected chi connectivity index (χ0v) is 20.4. The number of amides is 4. The van der Waals surface area contributed by atoms with E-state index in [0.717, 1.165) is 23.4 Å². The molecule has 10 heteroatoms. The van der Waals surface area contributed by atoms with E-state index in [1.807, 2.05) is 18.7 Å². The van der Waals surface area contributed by atoms with Gasteiger partial charge in [0.15, 0.2) is 5.41 Å². The Bertz CT molecular complexity index is 1180. The van der Waals surface area contributed by atoms with Crippen LogP contribution in [0.1, 0.15) is 45.1 Å². The first-order chi connectivity index (χ1) is 16.7. The average Bonchev–Trinajstić information content (AvgIpc) is 2.83. The molecule has 0 saturated carbocycles. The number of fused-ring (bicyclic) bond motifs is 1. The number of urea groups is 1. The molecular weight excluding hydrogens is 472 g/mol. The second-order valence-electron chi connectivity index (χ2n) is 8.95. The maximum Gasteiger partial charge on any atom is 0.335 e. The molecular formula is C25H27ClN4O5. The lowest BCUT2D eigenvalue weighted by atomic mass is 9.67. The highest BCUT2D eigenvalue weighted by atomic mass is 35.5. The van der Waals surface area contributed by atoms with Crippen LogP contribution in [0.5, 0.6) is 0 Å². The van der Waals surface area contributed by atoms with E-state index in [-0.39, 0.29) is 12.1 Å². The Hall–Kier alpha value is -3.46. The van der Waals surface area contributed by atoms with Gasteiger partial charge in [0.05, 0.1) is 16.7 Å². The van der Waals surface area contributed by atoms with Crippen molar-refractivity contribution in [1.82, 2.24) is 5.32 Å². The third-order valence-electron chi connectivity index (χ3n) is 6.81. The van der Waals surface area contributed by atoms with Gasteiger partial charge in [0, 0.05) is 35.8 Å². The van der Waals surface area contributed by atoms with Gasteiger partial charge in [-0.3, -0.25) is 25.0 Å². The Kier molecular flexibility index (Phi) is 6.80. The summed E-state index contributed by atoms with van der Waals surface area (Å²) in [6.45, 7) is 4.60. The quantitative estimate of drug-likeness (QED) is 0.331. The Balaban J connectivity index is 1.91. The highest BCUT2D eigenvalue weighted by Gasteiger charge is 2.62. The highest BCUT2D eigenvalue weighted by Crippen LogP contribution is 2.47. The lowest BCUT2D eigenvalue weighted by molar-refractivity contribution is -0.384. The van der Waals surface area contributed by atoms with E-state index in [0.29, 0.717) is 35.7 Å². The number of non-ortho nitro benzene ring substituents is 1. The number of carbonyl (C=O) groups excluding carboxylic acids is 3. The second-order valence-corrected chi connectivity index (χ2v) is 9.38. The molecule has 9 nitrogen and oxygen atoms in total. The molecule has 184 valence electrons. The van der Waals surface area contributed by atoms with E-state index in [1.165, 1.54) is 12.1 Å². The normalized spacial score (nSPS) is 21.8. The molecule has 4 rings (SSSR count). The molecule has 1 saturated heterocycles. The topological polar surface area (TPSA) is 113 Å². The van der Waals surface area contributed by atoms with Gasteiger partial charge in [-0.2, -0.15) is 0 Å². The summed E-state index contributed by atoms with van der Waals surface area (Å²) in [5.41, 5.74) is -0.124. The first kappa shape index (κ1) is 24.7. The molecule has 2 aliphatic rings. The molecule has 0 aromatic heterocycles. The number of hydrogen-bond donors (Lipinski definition) is 1. The van der Waals surface area contributed by atoms with Crippen LogP contribution in [0, 0.1) is 15.5 Å². The van der Waals surface area contributed by atoms with Crippen LogP contribution in [0.15, 0.2) is 42.5 Å². The van der Waals surface area contributed by atoms with Crippen molar-refractivity contribution < 1.29 is 19.3 Å². The van der Waals surface area contributed by atoms with Gasteiger partial charge < -0.3 is 4.90 Å². The van der Waals surface area contributed by atoms with Crippen LogP contribution in [-0.4, -0.2) is 35.4 Å². The van der Waals surface area contributed by atoms with Gasteiger partial charge in [0.1, 0.15) is 0 Å². The molecule has 4 amide bonds. The van der Waals surface area contributed by atoms with Crippen molar-refractivity contribution in [3.63, 3.8) is 0 Å². The monoisotopic (exact) mass is 498 g/mol. The number of nitro groups is 1. The van der Waals surface area contributed by atoms with Gasteiger partial charge in [0.2, 0.25) is 5.91 Å². The molecule has 2 heterocycles. The first-order valence-corrected chi connectivity index (χ1v) is 12.1. The summed E-state index contributed by atoms with van der Waals surface area (Å²) >= 11 is 6.00. The van der Waals surface area contributed by atoms with Crippen LogP contribution < -0.4 is 15.1 Å². The van der Waals surface area contributed by atoms with Crippen molar-refractivity contribution in [2.75, 3.05) is 16.3 Å². The Morgan fingerprint density at radius 2 is 1.83 bits per heavy atom. The number of hydrogen-bond acceptors (Lipinski definition) is 6. The summed E-state index contributed by atoms with van der Waals surface area (Å²) in [7, 11) is 0. The van der Waals surface area contributed by atoms with E-state index in [1.54, 1.807) is 30.3 Å². The molecule has 0 aliphatic carbocycles. The fourth-order valence-electron chi connectivity index (χ4n) is 5.17. The highest BCUT2D eigenvalue weighted by molar-refractivity contribution is 6.32. The van der Waals surface area contributed by atoms with Gasteiger partial charge >= 0.3 is 6.03 Å². The molecule has 1 spiro atoms. The van der Waals surface area contributed by atoms with Gasteiger partial charge in [-0.15, -0.1) is 0 Å². The molecule has 1 fully saturated rings. The minimum absolute atomic E-state index is 0.0423. The fourth-order valence-corrected chi connectivity index (χ4v) is 5.29. The number of imide groups is 2. The molecule has 0 unspecified atom stereocenters. The Labute approximate surface area is 208 Å². The fraction of sp³-hybridized carbons (Fsp3) is 0.400. The van der Waals surface area contributed by atoms with Crippen LogP contribution >= 0.6 is 11.6 Å². The van der Waals surface area contributed by atoms with E-state index >= 15 is 0 Å².